The van der Waals surface area contributed by atoms with Crippen LogP contribution in [0.15, 0.2) is 36.4 Å². The highest BCUT2D eigenvalue weighted by Gasteiger charge is 2.50. The van der Waals surface area contributed by atoms with E-state index < -0.39 is 40.6 Å². The molecule has 2 aliphatic rings. The number of nitrogens with zero attached hydrogens (tertiary/aromatic N) is 3. The number of ether oxygens (including phenoxy) is 1. The van der Waals surface area contributed by atoms with Gasteiger partial charge in [0.2, 0.25) is 0 Å². The minimum atomic E-state index is -1.74. The number of amides is 1. The normalized spacial score (nSPS) is 22.2. The molecule has 2 N–H and O–H groups in total. The zero-order valence-electron chi connectivity index (χ0n) is 23.0. The number of β-amino-alcohol motifs (C(OH)–C–C–N with tert-alkyl or cyclic N) is 1. The summed E-state index contributed by atoms with van der Waals surface area (Å²) >= 11 is 0. The van der Waals surface area contributed by atoms with Crippen LogP contribution in [0, 0.1) is 23.1 Å². The van der Waals surface area contributed by atoms with E-state index in [2.05, 4.69) is 11.0 Å². The van der Waals surface area contributed by atoms with Gasteiger partial charge in [-0.2, -0.15) is 5.26 Å². The fourth-order valence-corrected chi connectivity index (χ4v) is 5.66. The third kappa shape index (κ3) is 6.11. The molecule has 0 bridgehead atoms. The lowest BCUT2D eigenvalue weighted by Gasteiger charge is -2.34. The zero-order valence-corrected chi connectivity index (χ0v) is 23.0. The molecule has 40 heavy (non-hydrogen) atoms. The van der Waals surface area contributed by atoms with Gasteiger partial charge in [0, 0.05) is 25.1 Å². The van der Waals surface area contributed by atoms with Crippen molar-refractivity contribution in [1.82, 2.24) is 9.80 Å². The van der Waals surface area contributed by atoms with Crippen LogP contribution >= 0.6 is 0 Å². The second-order valence-corrected chi connectivity index (χ2v) is 11.6. The average Bonchev–Trinajstić information content (AvgIpc) is 3.22. The molecule has 0 saturated carbocycles. The lowest BCUT2D eigenvalue weighted by atomic mass is 9.92. The molecule has 2 heterocycles. The fraction of sp³-hybridized carbons (Fsp3) is 0.500. The molecule has 2 fully saturated rings. The number of carboxylic acids is 1. The first kappa shape index (κ1) is 29.4. The van der Waals surface area contributed by atoms with Crippen LogP contribution in [-0.4, -0.2) is 82.0 Å². The molecule has 0 unspecified atom stereocenters. The Bertz CT molecular complexity index is 1310. The molecule has 2 aliphatic heterocycles. The van der Waals surface area contributed by atoms with Gasteiger partial charge in [0.15, 0.2) is 11.6 Å². The molecule has 0 aliphatic carbocycles. The molecule has 2 aromatic carbocycles. The van der Waals surface area contributed by atoms with E-state index in [-0.39, 0.29) is 42.4 Å². The molecule has 0 spiro atoms. The number of rotatable bonds is 8. The predicted molar refractivity (Wildman–Crippen MR) is 144 cm³/mol. The maximum absolute atomic E-state index is 16.2. The molecule has 1 amide bonds. The number of carboxylic acid groups (broad SMARTS) is 1. The number of halogens is 2. The van der Waals surface area contributed by atoms with Crippen LogP contribution in [0.2, 0.25) is 0 Å². The molecule has 214 valence electrons. The number of benzene rings is 2. The van der Waals surface area contributed by atoms with Gasteiger partial charge < -0.3 is 24.7 Å². The van der Waals surface area contributed by atoms with Crippen LogP contribution < -0.4 is 4.74 Å². The summed E-state index contributed by atoms with van der Waals surface area (Å²) in [6, 6.07) is 11.4. The second kappa shape index (κ2) is 11.5. The number of aliphatic hydroxyl groups is 1. The first-order valence-corrected chi connectivity index (χ1v) is 13.4. The Morgan fingerprint density at radius 3 is 2.48 bits per heavy atom. The highest BCUT2D eigenvalue weighted by molar-refractivity contribution is 6.04. The molecule has 0 aromatic heterocycles. The van der Waals surface area contributed by atoms with Crippen molar-refractivity contribution in [2.75, 3.05) is 32.8 Å². The van der Waals surface area contributed by atoms with Gasteiger partial charge in [-0.15, -0.1) is 0 Å². The Balaban J connectivity index is 1.65. The summed E-state index contributed by atoms with van der Waals surface area (Å²) in [7, 11) is 0. The summed E-state index contributed by atoms with van der Waals surface area (Å²) in [5.41, 5.74) is -2.78. The van der Waals surface area contributed by atoms with Crippen molar-refractivity contribution in [2.24, 2.45) is 5.92 Å². The lowest BCUT2D eigenvalue weighted by molar-refractivity contribution is -0.147. The Kier molecular flexibility index (Phi) is 8.47. The fourth-order valence-electron chi connectivity index (χ4n) is 5.66. The van der Waals surface area contributed by atoms with E-state index in [1.165, 1.54) is 19.1 Å². The first-order valence-electron chi connectivity index (χ1n) is 13.4. The average molecular weight is 556 g/mol. The second-order valence-electron chi connectivity index (χ2n) is 11.6. The maximum atomic E-state index is 16.2. The Labute approximate surface area is 232 Å². The first-order chi connectivity index (χ1) is 18.8. The van der Waals surface area contributed by atoms with Gasteiger partial charge in [-0.05, 0) is 76.4 Å². The summed E-state index contributed by atoms with van der Waals surface area (Å²) < 4.78 is 36.1. The highest BCUT2D eigenvalue weighted by atomic mass is 19.1. The number of piperidine rings is 1. The van der Waals surface area contributed by atoms with Gasteiger partial charge in [-0.3, -0.25) is 4.79 Å². The zero-order chi connectivity index (χ0) is 29.2. The molecule has 4 rings (SSSR count). The molecule has 2 atom stereocenters. The van der Waals surface area contributed by atoms with E-state index in [4.69, 9.17) is 4.74 Å². The third-order valence-corrected chi connectivity index (χ3v) is 7.77. The number of aliphatic hydroxyl groups excluding tert-OH is 1. The number of likely N-dealkylation sites (tertiary alicyclic amines) is 2. The summed E-state index contributed by atoms with van der Waals surface area (Å²) in [4.78, 5) is 29.0. The van der Waals surface area contributed by atoms with Crippen molar-refractivity contribution in [2.45, 2.75) is 57.3 Å². The maximum Gasteiger partial charge on any atom is 0.329 e. The van der Waals surface area contributed by atoms with Crippen LogP contribution in [0.5, 0.6) is 5.75 Å². The predicted octanol–water partition coefficient (Wildman–Crippen LogP) is 4.25. The van der Waals surface area contributed by atoms with E-state index >= 15 is 4.39 Å². The molecule has 8 nitrogen and oxygen atoms in total. The number of hydrogen-bond acceptors (Lipinski definition) is 6. The van der Waals surface area contributed by atoms with Gasteiger partial charge in [0.25, 0.3) is 5.91 Å². The highest BCUT2D eigenvalue weighted by Crippen LogP contribution is 2.38. The summed E-state index contributed by atoms with van der Waals surface area (Å²) in [6.07, 6.45) is 0.213. The van der Waals surface area contributed by atoms with Gasteiger partial charge in [-0.25, -0.2) is 13.6 Å². The van der Waals surface area contributed by atoms with Crippen LogP contribution in [0.3, 0.4) is 0 Å². The minimum Gasteiger partial charge on any atom is -0.490 e. The monoisotopic (exact) mass is 555 g/mol. The van der Waals surface area contributed by atoms with E-state index in [0.717, 1.165) is 17.7 Å². The van der Waals surface area contributed by atoms with Crippen molar-refractivity contribution < 1.29 is 33.3 Å². The SMILES string of the molecule is CC(C)(F)CN1CCC(COc2ccc(-c3ccccc3C#N)c(C(=O)N3C[C@H](O)C[C@@]3(C)C(=O)O)c2F)CC1. The van der Waals surface area contributed by atoms with Crippen LogP contribution in [0.4, 0.5) is 8.78 Å². The number of nitriles is 1. The van der Waals surface area contributed by atoms with E-state index in [1.807, 2.05) is 0 Å². The van der Waals surface area contributed by atoms with Crippen molar-refractivity contribution in [1.29, 1.82) is 5.26 Å². The van der Waals surface area contributed by atoms with Gasteiger partial charge in [0.05, 0.1) is 29.9 Å². The van der Waals surface area contributed by atoms with Gasteiger partial charge >= 0.3 is 5.97 Å². The number of carbonyl (C=O) groups excluding carboxylic acids is 1. The summed E-state index contributed by atoms with van der Waals surface area (Å²) in [5, 5.41) is 29.8. The molecule has 2 saturated heterocycles. The summed E-state index contributed by atoms with van der Waals surface area (Å²) in [5.74, 6) is -3.23. The van der Waals surface area contributed by atoms with Crippen molar-refractivity contribution >= 4 is 11.9 Å². The van der Waals surface area contributed by atoms with E-state index in [0.29, 0.717) is 25.2 Å². The Hall–Kier alpha value is -3.55. The minimum absolute atomic E-state index is 0.112. The molecular formula is C30H35F2N3O5. The Morgan fingerprint density at radius 2 is 1.85 bits per heavy atom. The van der Waals surface area contributed by atoms with Crippen molar-refractivity contribution in [3.05, 3.63) is 53.3 Å². The molecule has 2 aromatic rings. The van der Waals surface area contributed by atoms with Gasteiger partial charge in [-0.1, -0.05) is 18.2 Å². The van der Waals surface area contributed by atoms with Crippen LogP contribution in [0.25, 0.3) is 11.1 Å². The number of aliphatic carboxylic acids is 1. The van der Waals surface area contributed by atoms with Gasteiger partial charge in [0.1, 0.15) is 11.2 Å². The van der Waals surface area contributed by atoms with Crippen molar-refractivity contribution in [3.8, 4) is 22.9 Å². The molecular weight excluding hydrogens is 520 g/mol. The third-order valence-electron chi connectivity index (χ3n) is 7.77. The standard InChI is InChI=1S/C30H35F2N3O5/c1-29(2,32)18-34-12-10-19(11-13-34)17-40-24-9-8-23(22-7-5-4-6-20(22)15-33)25(26(24)31)27(37)35-16-21(36)14-30(35,3)28(38)39/h4-9,19,21,36H,10-14,16-18H2,1-3H3,(H,38,39)/t21-,30+/m1/s1. The van der Waals surface area contributed by atoms with Crippen LogP contribution in [-0.2, 0) is 4.79 Å². The van der Waals surface area contributed by atoms with Crippen molar-refractivity contribution in [3.63, 3.8) is 0 Å². The lowest BCUT2D eigenvalue weighted by Crippen LogP contribution is -2.51. The number of alkyl halides is 1. The number of hydrogen-bond donors (Lipinski definition) is 2. The quantitative estimate of drug-likeness (QED) is 0.501. The topological polar surface area (TPSA) is 114 Å². The largest absolute Gasteiger partial charge is 0.490 e. The molecule has 10 heteroatoms. The van der Waals surface area contributed by atoms with E-state index in [9.17, 15) is 29.5 Å². The summed E-state index contributed by atoms with van der Waals surface area (Å²) in [6.45, 7) is 6.06. The smallest absolute Gasteiger partial charge is 0.329 e. The molecule has 0 radical (unpaired) electrons. The van der Waals surface area contributed by atoms with Crippen LogP contribution in [0.1, 0.15) is 56.0 Å². The Morgan fingerprint density at radius 1 is 1.18 bits per heavy atom. The number of carbonyl (C=O) groups is 2. The van der Waals surface area contributed by atoms with E-state index in [1.54, 1.807) is 38.1 Å².